The molecule has 90 valence electrons. The summed E-state index contributed by atoms with van der Waals surface area (Å²) in [6, 6.07) is 6.10. The van der Waals surface area contributed by atoms with Crippen molar-refractivity contribution in [1.29, 1.82) is 0 Å². The molecule has 0 atom stereocenters. The van der Waals surface area contributed by atoms with Crippen LogP contribution in [0.15, 0.2) is 27.1 Å². The van der Waals surface area contributed by atoms with Crippen LogP contribution in [0, 0.1) is 0 Å². The Morgan fingerprint density at radius 2 is 1.71 bits per heavy atom. The number of aromatic nitrogens is 1. The molecule has 0 spiro atoms. The summed E-state index contributed by atoms with van der Waals surface area (Å²) < 4.78 is 2.00. The molecule has 0 saturated heterocycles. The second-order valence-electron chi connectivity index (χ2n) is 5.10. The number of hydrogen-bond acceptors (Lipinski definition) is 2. The lowest BCUT2D eigenvalue weighted by atomic mass is 9.86. The van der Waals surface area contributed by atoms with Crippen molar-refractivity contribution in [3.8, 4) is 0 Å². The Bertz CT molecular complexity index is 586. The van der Waals surface area contributed by atoms with E-state index in [2.05, 4.69) is 63.7 Å². The van der Waals surface area contributed by atoms with Gasteiger partial charge in [0.05, 0.1) is 5.52 Å². The van der Waals surface area contributed by atoms with Crippen LogP contribution in [-0.2, 0) is 5.41 Å². The molecule has 2 N–H and O–H groups in total. The van der Waals surface area contributed by atoms with Crippen LogP contribution in [0.4, 0.5) is 5.82 Å². The average Bonchev–Trinajstić information content (AvgIpc) is 2.21. The van der Waals surface area contributed by atoms with E-state index in [1.165, 1.54) is 0 Å². The summed E-state index contributed by atoms with van der Waals surface area (Å²) in [6.07, 6.45) is 0. The van der Waals surface area contributed by atoms with Gasteiger partial charge in [-0.1, -0.05) is 36.7 Å². The van der Waals surface area contributed by atoms with Gasteiger partial charge in [0.15, 0.2) is 0 Å². The summed E-state index contributed by atoms with van der Waals surface area (Å²) in [5.41, 5.74) is 8.00. The third kappa shape index (κ3) is 2.33. The standard InChI is InChI=1S/C13H14Br2N2/c1-13(2,3)8-6-7-9(14)4-5-10(15)11(7)17-12(8)16/h4-6H,1-3H3,(H2,16,17). The van der Waals surface area contributed by atoms with Crippen LogP contribution in [0.1, 0.15) is 26.3 Å². The number of nitrogens with zero attached hydrogens (tertiary/aromatic N) is 1. The predicted molar refractivity (Wildman–Crippen MR) is 80.3 cm³/mol. The first-order valence-corrected chi connectivity index (χ1v) is 6.94. The molecule has 1 aromatic carbocycles. The lowest BCUT2D eigenvalue weighted by Gasteiger charge is -2.21. The maximum atomic E-state index is 6.04. The fourth-order valence-electron chi connectivity index (χ4n) is 1.81. The third-order valence-corrected chi connectivity index (χ3v) is 4.05. The number of anilines is 1. The highest BCUT2D eigenvalue weighted by Crippen LogP contribution is 2.35. The van der Waals surface area contributed by atoms with Crippen molar-refractivity contribution < 1.29 is 0 Å². The lowest BCUT2D eigenvalue weighted by molar-refractivity contribution is 0.591. The first kappa shape index (κ1) is 12.8. The maximum absolute atomic E-state index is 6.04. The number of benzene rings is 1. The van der Waals surface area contributed by atoms with Crippen LogP contribution >= 0.6 is 31.9 Å². The van der Waals surface area contributed by atoms with Crippen LogP contribution < -0.4 is 5.73 Å². The molecule has 0 saturated carbocycles. The molecule has 17 heavy (non-hydrogen) atoms. The normalized spacial score (nSPS) is 12.1. The number of hydrogen-bond donors (Lipinski definition) is 1. The Morgan fingerprint density at radius 3 is 2.29 bits per heavy atom. The second-order valence-corrected chi connectivity index (χ2v) is 6.81. The summed E-state index contributed by atoms with van der Waals surface area (Å²) in [5.74, 6) is 0.601. The molecule has 1 aromatic heterocycles. The summed E-state index contributed by atoms with van der Waals surface area (Å²) in [6.45, 7) is 6.41. The molecule has 0 aliphatic rings. The quantitative estimate of drug-likeness (QED) is 0.745. The molecule has 4 heteroatoms. The van der Waals surface area contributed by atoms with Crippen molar-refractivity contribution in [3.05, 3.63) is 32.7 Å². The fraction of sp³-hybridized carbons (Fsp3) is 0.308. The molecule has 0 radical (unpaired) electrons. The van der Waals surface area contributed by atoms with Crippen molar-refractivity contribution in [1.82, 2.24) is 4.98 Å². The number of fused-ring (bicyclic) bond motifs is 1. The summed E-state index contributed by atoms with van der Waals surface area (Å²) >= 11 is 7.06. The molecular weight excluding hydrogens is 344 g/mol. The van der Waals surface area contributed by atoms with E-state index in [9.17, 15) is 0 Å². The smallest absolute Gasteiger partial charge is 0.127 e. The van der Waals surface area contributed by atoms with Gasteiger partial charge in [-0.2, -0.15) is 0 Å². The molecule has 2 rings (SSSR count). The van der Waals surface area contributed by atoms with Crippen molar-refractivity contribution in [2.24, 2.45) is 0 Å². The molecule has 0 fully saturated rings. The Balaban J connectivity index is 2.85. The van der Waals surface area contributed by atoms with E-state index in [0.29, 0.717) is 5.82 Å². The van der Waals surface area contributed by atoms with Crippen molar-refractivity contribution in [3.63, 3.8) is 0 Å². The predicted octanol–water partition coefficient (Wildman–Crippen LogP) is 4.64. The van der Waals surface area contributed by atoms with Gasteiger partial charge in [0, 0.05) is 19.9 Å². The van der Waals surface area contributed by atoms with E-state index < -0.39 is 0 Å². The Morgan fingerprint density at radius 1 is 1.12 bits per heavy atom. The van der Waals surface area contributed by atoms with Crippen LogP contribution in [0.25, 0.3) is 10.9 Å². The van der Waals surface area contributed by atoms with Gasteiger partial charge in [-0.25, -0.2) is 4.98 Å². The number of pyridine rings is 1. The maximum Gasteiger partial charge on any atom is 0.127 e. The monoisotopic (exact) mass is 356 g/mol. The minimum absolute atomic E-state index is 0.00691. The van der Waals surface area contributed by atoms with E-state index in [-0.39, 0.29) is 5.41 Å². The van der Waals surface area contributed by atoms with Crippen LogP contribution in [0.3, 0.4) is 0 Å². The van der Waals surface area contributed by atoms with Gasteiger partial charge < -0.3 is 5.73 Å². The largest absolute Gasteiger partial charge is 0.383 e. The van der Waals surface area contributed by atoms with Gasteiger partial charge in [0.1, 0.15) is 5.82 Å². The van der Waals surface area contributed by atoms with Crippen molar-refractivity contribution >= 4 is 48.6 Å². The Labute approximate surface area is 118 Å². The van der Waals surface area contributed by atoms with Gasteiger partial charge in [-0.05, 0) is 39.5 Å². The van der Waals surface area contributed by atoms with E-state index in [1.54, 1.807) is 0 Å². The van der Waals surface area contributed by atoms with E-state index in [4.69, 9.17) is 5.73 Å². The molecular formula is C13H14Br2N2. The van der Waals surface area contributed by atoms with E-state index in [0.717, 1.165) is 25.4 Å². The Kier molecular flexibility index (Phi) is 3.21. The van der Waals surface area contributed by atoms with Gasteiger partial charge in [-0.15, -0.1) is 0 Å². The zero-order chi connectivity index (χ0) is 12.8. The minimum Gasteiger partial charge on any atom is -0.383 e. The highest BCUT2D eigenvalue weighted by molar-refractivity contribution is 9.11. The summed E-state index contributed by atoms with van der Waals surface area (Å²) in [7, 11) is 0. The number of halogens is 2. The molecule has 2 nitrogen and oxygen atoms in total. The number of rotatable bonds is 0. The molecule has 0 bridgehead atoms. The summed E-state index contributed by atoms with van der Waals surface area (Å²) in [5, 5.41) is 1.08. The molecule has 0 aliphatic carbocycles. The SMILES string of the molecule is CC(C)(C)c1cc2c(Br)ccc(Br)c2nc1N. The van der Waals surface area contributed by atoms with E-state index in [1.807, 2.05) is 12.1 Å². The highest BCUT2D eigenvalue weighted by Gasteiger charge is 2.19. The molecule has 0 amide bonds. The minimum atomic E-state index is -0.00691. The topological polar surface area (TPSA) is 38.9 Å². The van der Waals surface area contributed by atoms with E-state index >= 15 is 0 Å². The molecule has 1 heterocycles. The summed E-state index contributed by atoms with van der Waals surface area (Å²) in [4.78, 5) is 4.50. The Hall–Kier alpha value is -0.610. The van der Waals surface area contributed by atoms with Crippen molar-refractivity contribution in [2.45, 2.75) is 26.2 Å². The third-order valence-electron chi connectivity index (χ3n) is 2.72. The van der Waals surface area contributed by atoms with Gasteiger partial charge in [0.2, 0.25) is 0 Å². The first-order chi connectivity index (χ1) is 7.80. The van der Waals surface area contributed by atoms with Gasteiger partial charge in [-0.3, -0.25) is 0 Å². The van der Waals surface area contributed by atoms with Crippen LogP contribution in [0.5, 0.6) is 0 Å². The zero-order valence-electron chi connectivity index (χ0n) is 10.0. The molecule has 0 aliphatic heterocycles. The van der Waals surface area contributed by atoms with Crippen LogP contribution in [0.2, 0.25) is 0 Å². The lowest BCUT2D eigenvalue weighted by Crippen LogP contribution is -2.15. The average molecular weight is 358 g/mol. The number of nitrogens with two attached hydrogens (primary N) is 1. The molecule has 0 unspecified atom stereocenters. The fourth-order valence-corrected chi connectivity index (χ4v) is 2.68. The zero-order valence-corrected chi connectivity index (χ0v) is 13.2. The first-order valence-electron chi connectivity index (χ1n) is 5.35. The molecule has 2 aromatic rings. The number of nitrogen functional groups attached to an aromatic ring is 1. The van der Waals surface area contributed by atoms with Crippen LogP contribution in [-0.4, -0.2) is 4.98 Å². The highest BCUT2D eigenvalue weighted by atomic mass is 79.9. The van der Waals surface area contributed by atoms with Crippen molar-refractivity contribution in [2.75, 3.05) is 5.73 Å². The second kappa shape index (κ2) is 4.25. The van der Waals surface area contributed by atoms with Gasteiger partial charge >= 0.3 is 0 Å². The van der Waals surface area contributed by atoms with Gasteiger partial charge in [0.25, 0.3) is 0 Å².